The van der Waals surface area contributed by atoms with Crippen molar-refractivity contribution in [1.82, 2.24) is 0 Å². The van der Waals surface area contributed by atoms with Gasteiger partial charge in [-0.3, -0.25) is 0 Å². The van der Waals surface area contributed by atoms with E-state index in [-0.39, 0.29) is 5.75 Å². The highest BCUT2D eigenvalue weighted by atomic mass is 19.3. The number of methoxy groups -OCH3 is 1. The molecule has 1 rings (SSSR count). The van der Waals surface area contributed by atoms with Gasteiger partial charge in [0.05, 0.1) is 12.7 Å². The summed E-state index contributed by atoms with van der Waals surface area (Å²) in [6.45, 7) is 0.420. The zero-order valence-corrected chi connectivity index (χ0v) is 8.97. The highest BCUT2D eigenvalue weighted by Crippen LogP contribution is 2.33. The fourth-order valence-corrected chi connectivity index (χ4v) is 1.56. The molecule has 0 spiro atoms. The summed E-state index contributed by atoms with van der Waals surface area (Å²) in [5.41, 5.74) is 5.35. The molecule has 0 aromatic heterocycles. The van der Waals surface area contributed by atoms with Gasteiger partial charge >= 0.3 is 0 Å². The number of nitrogens with two attached hydrogens (primary N) is 1. The summed E-state index contributed by atoms with van der Waals surface area (Å²) in [4.78, 5) is 0. The summed E-state index contributed by atoms with van der Waals surface area (Å²) in [6, 6.07) is 2.01. The van der Waals surface area contributed by atoms with Crippen LogP contribution in [-0.4, -0.2) is 13.7 Å². The molecule has 1 aromatic carbocycles. The van der Waals surface area contributed by atoms with Gasteiger partial charge in [0.1, 0.15) is 11.6 Å². The van der Waals surface area contributed by atoms with Crippen LogP contribution in [-0.2, 0) is 6.42 Å². The van der Waals surface area contributed by atoms with E-state index in [1.807, 2.05) is 0 Å². The van der Waals surface area contributed by atoms with Gasteiger partial charge in [-0.05, 0) is 37.1 Å². The van der Waals surface area contributed by atoms with Crippen LogP contribution in [0.1, 0.15) is 24.0 Å². The van der Waals surface area contributed by atoms with Crippen molar-refractivity contribution in [2.24, 2.45) is 5.73 Å². The number of aryl methyl sites for hydroxylation is 1. The minimum atomic E-state index is -2.75. The zero-order chi connectivity index (χ0) is 12.1. The van der Waals surface area contributed by atoms with E-state index in [2.05, 4.69) is 0 Å². The first-order valence-corrected chi connectivity index (χ1v) is 4.94. The van der Waals surface area contributed by atoms with Crippen LogP contribution in [0.25, 0.3) is 0 Å². The van der Waals surface area contributed by atoms with Crippen molar-refractivity contribution >= 4 is 0 Å². The van der Waals surface area contributed by atoms with Crippen LogP contribution in [0.4, 0.5) is 13.2 Å². The quantitative estimate of drug-likeness (QED) is 0.848. The van der Waals surface area contributed by atoms with E-state index in [0.29, 0.717) is 24.9 Å². The SMILES string of the molecule is COc1c(CCCN)cc(F)cc1C(F)F. The van der Waals surface area contributed by atoms with Crippen LogP contribution in [0.3, 0.4) is 0 Å². The van der Waals surface area contributed by atoms with Gasteiger partial charge in [-0.1, -0.05) is 0 Å². The van der Waals surface area contributed by atoms with E-state index in [4.69, 9.17) is 10.5 Å². The summed E-state index contributed by atoms with van der Waals surface area (Å²) < 4.78 is 43.3. The van der Waals surface area contributed by atoms with Gasteiger partial charge in [-0.25, -0.2) is 13.2 Å². The van der Waals surface area contributed by atoms with Crippen LogP contribution < -0.4 is 10.5 Å². The number of hydrogen-bond donors (Lipinski definition) is 1. The molecule has 1 aromatic rings. The topological polar surface area (TPSA) is 35.2 Å². The molecule has 0 aliphatic carbocycles. The maximum absolute atomic E-state index is 13.1. The minimum Gasteiger partial charge on any atom is -0.496 e. The van der Waals surface area contributed by atoms with Crippen molar-refractivity contribution in [2.45, 2.75) is 19.3 Å². The first kappa shape index (κ1) is 12.8. The molecule has 0 saturated carbocycles. The second-order valence-corrected chi connectivity index (χ2v) is 3.38. The number of rotatable bonds is 5. The average Bonchev–Trinajstić information content (AvgIpc) is 2.25. The Bertz CT molecular complexity index is 355. The highest BCUT2D eigenvalue weighted by molar-refractivity contribution is 5.43. The molecule has 0 radical (unpaired) electrons. The molecule has 0 aliphatic heterocycles. The van der Waals surface area contributed by atoms with Crippen molar-refractivity contribution in [3.8, 4) is 5.75 Å². The van der Waals surface area contributed by atoms with Gasteiger partial charge in [-0.2, -0.15) is 0 Å². The van der Waals surface area contributed by atoms with E-state index >= 15 is 0 Å². The number of ether oxygens (including phenoxy) is 1. The highest BCUT2D eigenvalue weighted by Gasteiger charge is 2.18. The smallest absolute Gasteiger partial charge is 0.267 e. The van der Waals surface area contributed by atoms with Crippen molar-refractivity contribution in [1.29, 1.82) is 0 Å². The Kier molecular flexibility index (Phi) is 4.61. The lowest BCUT2D eigenvalue weighted by Gasteiger charge is -2.13. The van der Waals surface area contributed by atoms with Crippen molar-refractivity contribution < 1.29 is 17.9 Å². The van der Waals surface area contributed by atoms with E-state index in [0.717, 1.165) is 6.07 Å². The van der Waals surface area contributed by atoms with Crippen LogP contribution in [0.15, 0.2) is 12.1 Å². The predicted octanol–water partition coefficient (Wildman–Crippen LogP) is 2.66. The number of halogens is 3. The molecule has 0 aliphatic rings. The fourth-order valence-electron chi connectivity index (χ4n) is 1.56. The number of alkyl halides is 2. The first-order chi connectivity index (χ1) is 7.60. The molecule has 5 heteroatoms. The van der Waals surface area contributed by atoms with Crippen LogP contribution >= 0.6 is 0 Å². The lowest BCUT2D eigenvalue weighted by Crippen LogP contribution is -2.04. The lowest BCUT2D eigenvalue weighted by molar-refractivity contribution is 0.146. The Balaban J connectivity index is 3.14. The molecule has 0 fully saturated rings. The van der Waals surface area contributed by atoms with Gasteiger partial charge in [0.15, 0.2) is 0 Å². The summed E-state index contributed by atoms with van der Waals surface area (Å²) in [7, 11) is 1.30. The number of benzene rings is 1. The van der Waals surface area contributed by atoms with Gasteiger partial charge in [0.25, 0.3) is 6.43 Å². The Hall–Kier alpha value is -1.23. The van der Waals surface area contributed by atoms with Crippen LogP contribution in [0.2, 0.25) is 0 Å². The fraction of sp³-hybridized carbons (Fsp3) is 0.455. The van der Waals surface area contributed by atoms with Gasteiger partial charge < -0.3 is 10.5 Å². The average molecular weight is 233 g/mol. The summed E-state index contributed by atoms with van der Waals surface area (Å²) in [5.74, 6) is -0.618. The van der Waals surface area contributed by atoms with Gasteiger partial charge in [0, 0.05) is 0 Å². The van der Waals surface area contributed by atoms with E-state index in [1.165, 1.54) is 13.2 Å². The van der Waals surface area contributed by atoms with E-state index in [1.54, 1.807) is 0 Å². The molecule has 0 heterocycles. The number of hydrogen-bond acceptors (Lipinski definition) is 2. The molecular weight excluding hydrogens is 219 g/mol. The van der Waals surface area contributed by atoms with Gasteiger partial charge in [0.2, 0.25) is 0 Å². The molecule has 90 valence electrons. The normalized spacial score (nSPS) is 10.9. The summed E-state index contributed by atoms with van der Waals surface area (Å²) in [6.07, 6.45) is -1.72. The molecule has 0 saturated heterocycles. The third kappa shape index (κ3) is 2.88. The standard InChI is InChI=1S/C11H14F3NO/c1-16-10-7(3-2-4-15)5-8(12)6-9(10)11(13)14/h5-6,11H,2-4,15H2,1H3. The Morgan fingerprint density at radius 1 is 1.38 bits per heavy atom. The second-order valence-electron chi connectivity index (χ2n) is 3.38. The van der Waals surface area contributed by atoms with Crippen LogP contribution in [0.5, 0.6) is 5.75 Å². The summed E-state index contributed by atoms with van der Waals surface area (Å²) in [5, 5.41) is 0. The molecule has 2 N–H and O–H groups in total. The van der Waals surface area contributed by atoms with Crippen LogP contribution in [0, 0.1) is 5.82 Å². The van der Waals surface area contributed by atoms with E-state index in [9.17, 15) is 13.2 Å². The third-order valence-corrected chi connectivity index (χ3v) is 2.25. The molecule has 16 heavy (non-hydrogen) atoms. The molecule has 2 nitrogen and oxygen atoms in total. The minimum absolute atomic E-state index is 0.0600. The second kappa shape index (κ2) is 5.75. The Labute approximate surface area is 92.2 Å². The first-order valence-electron chi connectivity index (χ1n) is 4.94. The Morgan fingerprint density at radius 3 is 2.56 bits per heavy atom. The van der Waals surface area contributed by atoms with Crippen molar-refractivity contribution in [2.75, 3.05) is 13.7 Å². The third-order valence-electron chi connectivity index (χ3n) is 2.25. The monoisotopic (exact) mass is 233 g/mol. The molecular formula is C11H14F3NO. The molecule has 0 unspecified atom stereocenters. The van der Waals surface area contributed by atoms with E-state index < -0.39 is 17.8 Å². The zero-order valence-electron chi connectivity index (χ0n) is 8.97. The summed E-state index contributed by atoms with van der Waals surface area (Å²) >= 11 is 0. The van der Waals surface area contributed by atoms with Crippen molar-refractivity contribution in [3.63, 3.8) is 0 Å². The Morgan fingerprint density at radius 2 is 2.06 bits per heavy atom. The molecule has 0 atom stereocenters. The maximum atomic E-state index is 13.1. The predicted molar refractivity (Wildman–Crippen MR) is 55.3 cm³/mol. The molecule has 0 amide bonds. The largest absolute Gasteiger partial charge is 0.496 e. The maximum Gasteiger partial charge on any atom is 0.267 e. The molecule has 0 bridgehead atoms. The van der Waals surface area contributed by atoms with Crippen molar-refractivity contribution in [3.05, 3.63) is 29.1 Å². The van der Waals surface area contributed by atoms with Gasteiger partial charge in [-0.15, -0.1) is 0 Å². The lowest BCUT2D eigenvalue weighted by atomic mass is 10.0.